The zero-order valence-corrected chi connectivity index (χ0v) is 15.4. The Morgan fingerprint density at radius 3 is 2.70 bits per heavy atom. The monoisotopic (exact) mass is 368 g/mol. The van der Waals surface area contributed by atoms with E-state index in [1.807, 2.05) is 37.3 Å². The zero-order valence-electron chi connectivity index (χ0n) is 15.4. The highest BCUT2D eigenvalue weighted by Gasteiger charge is 2.24. The van der Waals surface area contributed by atoms with Crippen LogP contribution in [-0.4, -0.2) is 35.3 Å². The molecule has 0 unspecified atom stereocenters. The number of nitrogens with zero attached hydrogens (tertiary/aromatic N) is 2. The van der Waals surface area contributed by atoms with Gasteiger partial charge in [0.25, 0.3) is 0 Å². The lowest BCUT2D eigenvalue weighted by molar-refractivity contribution is -0.117. The topological polar surface area (TPSA) is 87.3 Å². The van der Waals surface area contributed by atoms with E-state index in [1.165, 1.54) is 25.7 Å². The first kappa shape index (κ1) is 17.6. The highest BCUT2D eigenvalue weighted by Crippen LogP contribution is 2.33. The third-order valence-corrected chi connectivity index (χ3v) is 5.50. The number of amides is 2. The van der Waals surface area contributed by atoms with Crippen LogP contribution < -0.4 is 10.2 Å². The number of H-pyrrole nitrogens is 1. The Hall–Kier alpha value is -2.83. The molecule has 27 heavy (non-hydrogen) atoms. The van der Waals surface area contributed by atoms with E-state index in [-0.39, 0.29) is 17.9 Å². The van der Waals surface area contributed by atoms with Crippen molar-refractivity contribution in [3.8, 4) is 0 Å². The second-order valence-electron chi connectivity index (χ2n) is 7.26. The summed E-state index contributed by atoms with van der Waals surface area (Å²) >= 11 is 0. The number of aromatic amines is 1. The van der Waals surface area contributed by atoms with Gasteiger partial charge in [-0.15, -0.1) is 0 Å². The van der Waals surface area contributed by atoms with Gasteiger partial charge < -0.3 is 10.1 Å². The lowest BCUT2D eigenvalue weighted by Crippen LogP contribution is -2.23. The molecule has 2 fully saturated rings. The standard InChI is InChI=1S/C20H24N4O3/c1-13(14-6-8-16(9-7-14)24-10-11-27-20(24)26)19(25)21-18-12-17(22-23-18)15-4-2-3-5-15/h6-9,12-13,15H,2-5,10-11H2,1H3,(H2,21,22,23,25)/t13-/m0/s1. The maximum atomic E-state index is 12.6. The largest absolute Gasteiger partial charge is 0.447 e. The average molecular weight is 368 g/mol. The number of benzene rings is 1. The Balaban J connectivity index is 1.39. The first-order valence-electron chi connectivity index (χ1n) is 9.52. The molecule has 1 aliphatic carbocycles. The molecule has 1 aromatic heterocycles. The summed E-state index contributed by atoms with van der Waals surface area (Å²) in [6.45, 7) is 2.82. The van der Waals surface area contributed by atoms with Crippen LogP contribution in [0.15, 0.2) is 30.3 Å². The molecule has 0 spiro atoms. The third kappa shape index (κ3) is 3.67. The van der Waals surface area contributed by atoms with E-state index in [2.05, 4.69) is 15.5 Å². The summed E-state index contributed by atoms with van der Waals surface area (Å²) in [5.74, 6) is 0.680. The van der Waals surface area contributed by atoms with E-state index < -0.39 is 0 Å². The number of hydrogen-bond donors (Lipinski definition) is 2. The number of aromatic nitrogens is 2. The van der Waals surface area contributed by atoms with Crippen molar-refractivity contribution in [3.05, 3.63) is 41.6 Å². The van der Waals surface area contributed by atoms with Gasteiger partial charge in [0.05, 0.1) is 12.5 Å². The van der Waals surface area contributed by atoms with Crippen molar-refractivity contribution in [1.29, 1.82) is 0 Å². The van der Waals surface area contributed by atoms with E-state index in [9.17, 15) is 9.59 Å². The molecular formula is C20H24N4O3. The van der Waals surface area contributed by atoms with Crippen LogP contribution in [0.2, 0.25) is 0 Å². The second kappa shape index (κ2) is 7.42. The zero-order chi connectivity index (χ0) is 18.8. The highest BCUT2D eigenvalue weighted by atomic mass is 16.6. The SMILES string of the molecule is C[C@H](C(=O)Nc1cc(C2CCCC2)[nH]n1)c1ccc(N2CCOC2=O)cc1. The molecule has 1 atom stereocenters. The van der Waals surface area contributed by atoms with Gasteiger partial charge in [0.2, 0.25) is 5.91 Å². The van der Waals surface area contributed by atoms with Crippen LogP contribution in [0.3, 0.4) is 0 Å². The van der Waals surface area contributed by atoms with E-state index in [4.69, 9.17) is 4.74 Å². The number of cyclic esters (lactones) is 1. The molecule has 2 heterocycles. The molecule has 1 saturated heterocycles. The van der Waals surface area contributed by atoms with Crippen LogP contribution in [0.25, 0.3) is 0 Å². The maximum absolute atomic E-state index is 12.6. The Labute approximate surface area is 158 Å². The number of nitrogens with one attached hydrogen (secondary N) is 2. The Morgan fingerprint density at radius 1 is 1.30 bits per heavy atom. The van der Waals surface area contributed by atoms with E-state index in [0.29, 0.717) is 24.9 Å². The molecular weight excluding hydrogens is 344 g/mol. The predicted molar refractivity (Wildman–Crippen MR) is 102 cm³/mol. The normalized spacial score (nSPS) is 18.6. The Kier molecular flexibility index (Phi) is 4.83. The highest BCUT2D eigenvalue weighted by molar-refractivity contribution is 5.95. The van der Waals surface area contributed by atoms with Gasteiger partial charge in [-0.25, -0.2) is 4.79 Å². The van der Waals surface area contributed by atoms with Crippen molar-refractivity contribution in [2.24, 2.45) is 0 Å². The molecule has 7 nitrogen and oxygen atoms in total. The fourth-order valence-corrected chi connectivity index (χ4v) is 3.80. The minimum Gasteiger partial charge on any atom is -0.447 e. The van der Waals surface area contributed by atoms with Crippen molar-refractivity contribution in [3.63, 3.8) is 0 Å². The third-order valence-electron chi connectivity index (χ3n) is 5.50. The van der Waals surface area contributed by atoms with E-state index >= 15 is 0 Å². The van der Waals surface area contributed by atoms with Gasteiger partial charge >= 0.3 is 6.09 Å². The second-order valence-corrected chi connectivity index (χ2v) is 7.26. The summed E-state index contributed by atoms with van der Waals surface area (Å²) in [6, 6.07) is 9.39. The minimum absolute atomic E-state index is 0.104. The molecule has 4 rings (SSSR count). The van der Waals surface area contributed by atoms with Crippen molar-refractivity contribution in [2.75, 3.05) is 23.4 Å². The molecule has 2 amide bonds. The van der Waals surface area contributed by atoms with Crippen molar-refractivity contribution >= 4 is 23.5 Å². The molecule has 0 radical (unpaired) electrons. The number of carbonyl (C=O) groups is 2. The van der Waals surface area contributed by atoms with Crippen LogP contribution >= 0.6 is 0 Å². The first-order chi connectivity index (χ1) is 13.1. The molecule has 2 N–H and O–H groups in total. The molecule has 2 aliphatic rings. The lowest BCUT2D eigenvalue weighted by Gasteiger charge is -2.15. The summed E-state index contributed by atoms with van der Waals surface area (Å²) in [4.78, 5) is 25.8. The van der Waals surface area contributed by atoms with Gasteiger partial charge in [-0.1, -0.05) is 25.0 Å². The minimum atomic E-state index is -0.329. The molecule has 1 saturated carbocycles. The van der Waals surface area contributed by atoms with Gasteiger partial charge in [0.15, 0.2) is 5.82 Å². The van der Waals surface area contributed by atoms with E-state index in [0.717, 1.165) is 16.9 Å². The fraction of sp³-hybridized carbons (Fsp3) is 0.450. The quantitative estimate of drug-likeness (QED) is 0.841. The maximum Gasteiger partial charge on any atom is 0.414 e. The summed E-state index contributed by atoms with van der Waals surface area (Å²) in [5.41, 5.74) is 2.77. The van der Waals surface area contributed by atoms with Gasteiger partial charge in [-0.05, 0) is 37.5 Å². The predicted octanol–water partition coefficient (Wildman–Crippen LogP) is 3.77. The van der Waals surface area contributed by atoms with Crippen molar-refractivity contribution < 1.29 is 14.3 Å². The number of anilines is 2. The number of carbonyl (C=O) groups excluding carboxylic acids is 2. The number of ether oxygens (including phenoxy) is 1. The average Bonchev–Trinajstić information content (AvgIpc) is 3.42. The molecule has 0 bridgehead atoms. The first-order valence-corrected chi connectivity index (χ1v) is 9.52. The Bertz CT molecular complexity index is 824. The molecule has 1 aliphatic heterocycles. The van der Waals surface area contributed by atoms with Gasteiger partial charge in [-0.2, -0.15) is 5.10 Å². The molecule has 142 valence electrons. The van der Waals surface area contributed by atoms with Crippen LogP contribution in [-0.2, 0) is 9.53 Å². The lowest BCUT2D eigenvalue weighted by atomic mass is 10.00. The molecule has 7 heteroatoms. The van der Waals surface area contributed by atoms with Crippen molar-refractivity contribution in [2.45, 2.75) is 44.4 Å². The van der Waals surface area contributed by atoms with Gasteiger partial charge in [0.1, 0.15) is 6.61 Å². The molecule has 2 aromatic rings. The van der Waals surface area contributed by atoms with Crippen molar-refractivity contribution in [1.82, 2.24) is 10.2 Å². The summed E-state index contributed by atoms with van der Waals surface area (Å²) in [5, 5.41) is 10.2. The van der Waals surface area contributed by atoms with E-state index in [1.54, 1.807) is 4.90 Å². The summed E-state index contributed by atoms with van der Waals surface area (Å²) in [7, 11) is 0. The van der Waals surface area contributed by atoms with Crippen LogP contribution in [0, 0.1) is 0 Å². The summed E-state index contributed by atoms with van der Waals surface area (Å²) < 4.78 is 4.95. The van der Waals surface area contributed by atoms with Crippen LogP contribution in [0.5, 0.6) is 0 Å². The fourth-order valence-electron chi connectivity index (χ4n) is 3.80. The van der Waals surface area contributed by atoms with Crippen LogP contribution in [0.1, 0.15) is 55.7 Å². The van der Waals surface area contributed by atoms with Gasteiger partial charge in [0, 0.05) is 23.4 Å². The number of rotatable bonds is 5. The van der Waals surface area contributed by atoms with Crippen LogP contribution in [0.4, 0.5) is 16.3 Å². The summed E-state index contributed by atoms with van der Waals surface area (Å²) in [6.07, 6.45) is 4.55. The van der Waals surface area contributed by atoms with Gasteiger partial charge in [-0.3, -0.25) is 14.8 Å². The molecule has 1 aromatic carbocycles. The smallest absolute Gasteiger partial charge is 0.414 e. The Morgan fingerprint density at radius 2 is 2.04 bits per heavy atom. The number of hydrogen-bond acceptors (Lipinski definition) is 4.